The molecule has 0 aromatic heterocycles. The van der Waals surface area contributed by atoms with Gasteiger partial charge in [0.2, 0.25) is 0 Å². The number of esters is 2. The number of phosphoric acid groups is 1. The molecular weight excluding hydrogens is 725 g/mol. The van der Waals surface area contributed by atoms with Crippen molar-refractivity contribution in [2.24, 2.45) is 11.8 Å². The fourth-order valence-corrected chi connectivity index (χ4v) is 7.78. The van der Waals surface area contributed by atoms with Crippen LogP contribution in [0.25, 0.3) is 0 Å². The van der Waals surface area contributed by atoms with E-state index in [1.165, 1.54) is 141 Å². The molecule has 1 N–H and O–H groups in total. The van der Waals surface area contributed by atoms with Crippen LogP contribution in [0.3, 0.4) is 0 Å². The second kappa shape index (κ2) is 37.0. The smallest absolute Gasteiger partial charge is 0.462 e. The number of quaternary nitrogens is 1. The Morgan fingerprint density at radius 2 is 0.911 bits per heavy atom. The minimum atomic E-state index is -4.37. The zero-order chi connectivity index (χ0) is 41.8. The Morgan fingerprint density at radius 3 is 1.32 bits per heavy atom. The number of rotatable bonds is 42. The average Bonchev–Trinajstić information content (AvgIpc) is 3.13. The highest BCUT2D eigenvalue weighted by Gasteiger charge is 2.27. The van der Waals surface area contributed by atoms with Crippen molar-refractivity contribution in [2.75, 3.05) is 47.5 Å². The first-order valence-corrected chi connectivity index (χ1v) is 25.0. The van der Waals surface area contributed by atoms with Gasteiger partial charge in [-0.1, -0.05) is 195 Å². The van der Waals surface area contributed by atoms with Crippen LogP contribution in [-0.4, -0.2) is 74.9 Å². The molecule has 0 fully saturated rings. The highest BCUT2D eigenvalue weighted by molar-refractivity contribution is 7.47. The maximum Gasteiger partial charge on any atom is 0.472 e. The summed E-state index contributed by atoms with van der Waals surface area (Å²) in [5.41, 5.74) is 0. The van der Waals surface area contributed by atoms with Crippen LogP contribution < -0.4 is 0 Å². The first-order chi connectivity index (χ1) is 26.8. The number of carbonyl (C=O) groups excluding carboxylic acids is 2. The molecule has 0 spiro atoms. The predicted molar refractivity (Wildman–Crippen MR) is 234 cm³/mol. The summed E-state index contributed by atoms with van der Waals surface area (Å²) in [5, 5.41) is 0. The Kier molecular flexibility index (Phi) is 36.4. The van der Waals surface area contributed by atoms with Crippen molar-refractivity contribution in [1.82, 2.24) is 0 Å². The molecule has 10 heteroatoms. The van der Waals surface area contributed by atoms with Gasteiger partial charge < -0.3 is 18.9 Å². The third kappa shape index (κ3) is 39.8. The van der Waals surface area contributed by atoms with E-state index in [0.29, 0.717) is 23.9 Å². The molecule has 0 bridgehead atoms. The molecule has 0 aliphatic heterocycles. The van der Waals surface area contributed by atoms with Crippen molar-refractivity contribution in [3.05, 3.63) is 0 Å². The Morgan fingerprint density at radius 1 is 0.536 bits per heavy atom. The zero-order valence-corrected chi connectivity index (χ0v) is 38.9. The topological polar surface area (TPSA) is 108 Å². The first kappa shape index (κ1) is 55.0. The Bertz CT molecular complexity index is 958. The summed E-state index contributed by atoms with van der Waals surface area (Å²) < 4.78 is 34.4. The number of likely N-dealkylation sites (N-methyl/N-ethyl adjacent to an activating group) is 1. The summed E-state index contributed by atoms with van der Waals surface area (Å²) in [6.07, 6.45) is 34.2. The molecule has 4 atom stereocenters. The van der Waals surface area contributed by atoms with Crippen LogP contribution in [0.1, 0.15) is 220 Å². The van der Waals surface area contributed by atoms with Gasteiger partial charge in [0.05, 0.1) is 27.7 Å². The van der Waals surface area contributed by atoms with Crippen LogP contribution in [0.2, 0.25) is 0 Å². The maximum atomic E-state index is 12.7. The number of hydrogen-bond acceptors (Lipinski definition) is 7. The van der Waals surface area contributed by atoms with Gasteiger partial charge in [-0.2, -0.15) is 0 Å². The number of carbonyl (C=O) groups is 2. The van der Waals surface area contributed by atoms with Crippen molar-refractivity contribution in [3.8, 4) is 0 Å². The first-order valence-electron chi connectivity index (χ1n) is 23.5. The van der Waals surface area contributed by atoms with E-state index in [4.69, 9.17) is 18.5 Å². The summed E-state index contributed by atoms with van der Waals surface area (Å²) >= 11 is 0. The summed E-state index contributed by atoms with van der Waals surface area (Å²) in [4.78, 5) is 35.5. The van der Waals surface area contributed by atoms with E-state index in [2.05, 4.69) is 27.7 Å². The van der Waals surface area contributed by atoms with E-state index in [9.17, 15) is 19.0 Å². The lowest BCUT2D eigenvalue weighted by Gasteiger charge is -2.24. The molecular formula is C46H93NO8P+. The highest BCUT2D eigenvalue weighted by Crippen LogP contribution is 2.43. The molecule has 0 aromatic rings. The van der Waals surface area contributed by atoms with Crippen LogP contribution in [0.4, 0.5) is 0 Å². The maximum absolute atomic E-state index is 12.7. The van der Waals surface area contributed by atoms with E-state index in [1.807, 2.05) is 21.1 Å². The van der Waals surface area contributed by atoms with Crippen LogP contribution in [0.15, 0.2) is 0 Å². The number of ether oxygens (including phenoxy) is 2. The summed E-state index contributed by atoms with van der Waals surface area (Å²) in [6, 6.07) is 0. The molecule has 0 saturated heterocycles. The van der Waals surface area contributed by atoms with Gasteiger partial charge in [0.25, 0.3) is 0 Å². The van der Waals surface area contributed by atoms with Crippen LogP contribution in [-0.2, 0) is 32.7 Å². The zero-order valence-electron chi connectivity index (χ0n) is 38.0. The van der Waals surface area contributed by atoms with E-state index in [1.54, 1.807) is 0 Å². The SMILES string of the molecule is CCCCCCCCC(C)CCCCCCCCC(=O)OC[C@H](COP(=O)(O)OCC[N+](C)(C)C)OC(=O)CCCCCCCCC(C)CCCCCCCC. The summed E-state index contributed by atoms with van der Waals surface area (Å²) in [5.74, 6) is 0.831. The van der Waals surface area contributed by atoms with Gasteiger partial charge in [0.15, 0.2) is 6.10 Å². The minimum absolute atomic E-state index is 0.0350. The molecule has 56 heavy (non-hydrogen) atoms. The lowest BCUT2D eigenvalue weighted by atomic mass is 9.96. The molecule has 0 aliphatic carbocycles. The Balaban J connectivity index is 4.40. The molecule has 0 radical (unpaired) electrons. The quantitative estimate of drug-likeness (QED) is 0.0281. The lowest BCUT2D eigenvalue weighted by molar-refractivity contribution is -0.870. The number of nitrogens with zero attached hydrogens (tertiary/aromatic N) is 1. The van der Waals surface area contributed by atoms with Gasteiger partial charge in [0.1, 0.15) is 19.8 Å². The summed E-state index contributed by atoms with van der Waals surface area (Å²) in [7, 11) is 1.49. The van der Waals surface area contributed by atoms with Crippen LogP contribution in [0, 0.1) is 11.8 Å². The van der Waals surface area contributed by atoms with Gasteiger partial charge in [-0.3, -0.25) is 18.6 Å². The average molecular weight is 819 g/mol. The van der Waals surface area contributed by atoms with Crippen molar-refractivity contribution < 1.29 is 42.1 Å². The molecule has 0 aromatic carbocycles. The second-order valence-corrected chi connectivity index (χ2v) is 19.5. The fraction of sp³-hybridized carbons (Fsp3) is 0.957. The molecule has 3 unspecified atom stereocenters. The van der Waals surface area contributed by atoms with E-state index in [0.717, 1.165) is 43.9 Å². The highest BCUT2D eigenvalue weighted by atomic mass is 31.2. The molecule has 0 rings (SSSR count). The number of hydrogen-bond donors (Lipinski definition) is 1. The minimum Gasteiger partial charge on any atom is -0.462 e. The van der Waals surface area contributed by atoms with Crippen LogP contribution in [0.5, 0.6) is 0 Å². The largest absolute Gasteiger partial charge is 0.472 e. The second-order valence-electron chi connectivity index (χ2n) is 18.0. The lowest BCUT2D eigenvalue weighted by Crippen LogP contribution is -2.37. The van der Waals surface area contributed by atoms with Gasteiger partial charge >= 0.3 is 19.8 Å². The summed E-state index contributed by atoms with van der Waals surface area (Å²) in [6.45, 7) is 9.23. The molecule has 0 amide bonds. The van der Waals surface area contributed by atoms with Crippen molar-refractivity contribution in [2.45, 2.75) is 226 Å². The van der Waals surface area contributed by atoms with Gasteiger partial charge in [0, 0.05) is 12.8 Å². The van der Waals surface area contributed by atoms with E-state index >= 15 is 0 Å². The number of phosphoric ester groups is 1. The van der Waals surface area contributed by atoms with Crippen molar-refractivity contribution in [3.63, 3.8) is 0 Å². The van der Waals surface area contributed by atoms with Crippen molar-refractivity contribution >= 4 is 19.8 Å². The molecule has 9 nitrogen and oxygen atoms in total. The third-order valence-electron chi connectivity index (χ3n) is 10.9. The van der Waals surface area contributed by atoms with Crippen molar-refractivity contribution in [1.29, 1.82) is 0 Å². The van der Waals surface area contributed by atoms with Gasteiger partial charge in [-0.05, 0) is 24.7 Å². The van der Waals surface area contributed by atoms with Crippen LogP contribution >= 0.6 is 7.82 Å². The normalized spacial score (nSPS) is 14.6. The monoisotopic (exact) mass is 819 g/mol. The third-order valence-corrected chi connectivity index (χ3v) is 11.9. The predicted octanol–water partition coefficient (Wildman–Crippen LogP) is 13.3. The van der Waals surface area contributed by atoms with E-state index in [-0.39, 0.29) is 25.6 Å². The molecule has 334 valence electrons. The molecule has 0 heterocycles. The van der Waals surface area contributed by atoms with Gasteiger partial charge in [-0.25, -0.2) is 4.57 Å². The Hall–Kier alpha value is -0.990. The Labute approximate surface area is 346 Å². The molecule has 0 saturated carbocycles. The standard InChI is InChI=1S/C46H92NO8P/c1-8-10-12-14-20-26-32-42(3)34-28-22-16-18-24-30-36-45(48)52-40-44(41-54-56(50,51)53-39-38-47(5,6)7)55-46(49)37-31-25-19-17-23-29-35-43(4)33-27-21-15-13-11-9-2/h42-44H,8-41H2,1-7H3/p+1/t42?,43?,44-/m1/s1. The number of unbranched alkanes of at least 4 members (excludes halogenated alkanes) is 20. The van der Waals surface area contributed by atoms with Gasteiger partial charge in [-0.15, -0.1) is 0 Å². The molecule has 0 aliphatic rings. The van der Waals surface area contributed by atoms with E-state index < -0.39 is 26.5 Å². The fourth-order valence-electron chi connectivity index (χ4n) is 7.04.